The third-order valence-corrected chi connectivity index (χ3v) is 4.12. The van der Waals surface area contributed by atoms with Gasteiger partial charge in [-0.25, -0.2) is 0 Å². The van der Waals surface area contributed by atoms with Crippen molar-refractivity contribution in [3.63, 3.8) is 0 Å². The van der Waals surface area contributed by atoms with E-state index < -0.39 is 0 Å². The molecule has 7 heteroatoms. The lowest BCUT2D eigenvalue weighted by molar-refractivity contribution is -0.116. The van der Waals surface area contributed by atoms with Crippen LogP contribution >= 0.6 is 0 Å². The highest BCUT2D eigenvalue weighted by Gasteiger charge is 2.34. The molecular formula is C19H18N2O5. The smallest absolute Gasteiger partial charge is 0.261 e. The zero-order chi connectivity index (χ0) is 18.7. The summed E-state index contributed by atoms with van der Waals surface area (Å²) in [5.41, 5.74) is 1.19. The minimum absolute atomic E-state index is 0.00443. The first-order valence-electron chi connectivity index (χ1n) is 8.02. The van der Waals surface area contributed by atoms with Crippen molar-refractivity contribution in [2.75, 3.05) is 26.1 Å². The van der Waals surface area contributed by atoms with Crippen LogP contribution in [0.5, 0.6) is 11.5 Å². The van der Waals surface area contributed by atoms with Gasteiger partial charge in [0.1, 0.15) is 11.5 Å². The molecule has 0 radical (unpaired) electrons. The molecule has 0 fully saturated rings. The van der Waals surface area contributed by atoms with Gasteiger partial charge in [-0.2, -0.15) is 0 Å². The first-order valence-corrected chi connectivity index (χ1v) is 8.02. The van der Waals surface area contributed by atoms with Gasteiger partial charge in [-0.05, 0) is 24.3 Å². The Morgan fingerprint density at radius 1 is 1.00 bits per heavy atom. The topological polar surface area (TPSA) is 84.9 Å². The molecule has 134 valence electrons. The zero-order valence-electron chi connectivity index (χ0n) is 14.4. The van der Waals surface area contributed by atoms with Gasteiger partial charge in [0.2, 0.25) is 5.91 Å². The fourth-order valence-corrected chi connectivity index (χ4v) is 2.78. The zero-order valence-corrected chi connectivity index (χ0v) is 14.4. The van der Waals surface area contributed by atoms with Crippen molar-refractivity contribution in [2.45, 2.75) is 6.42 Å². The van der Waals surface area contributed by atoms with E-state index in [-0.39, 0.29) is 30.7 Å². The van der Waals surface area contributed by atoms with Crippen molar-refractivity contribution in [1.29, 1.82) is 0 Å². The Hall–Kier alpha value is -3.35. The van der Waals surface area contributed by atoms with Gasteiger partial charge >= 0.3 is 0 Å². The molecule has 0 saturated heterocycles. The number of methoxy groups -OCH3 is 2. The molecule has 2 aromatic carbocycles. The van der Waals surface area contributed by atoms with Crippen molar-refractivity contribution >= 4 is 23.4 Å². The van der Waals surface area contributed by atoms with E-state index in [1.807, 2.05) is 0 Å². The molecule has 0 unspecified atom stereocenters. The van der Waals surface area contributed by atoms with E-state index in [2.05, 4.69) is 5.32 Å². The first kappa shape index (κ1) is 17.5. The van der Waals surface area contributed by atoms with Gasteiger partial charge in [-0.15, -0.1) is 0 Å². The molecule has 26 heavy (non-hydrogen) atoms. The number of ether oxygens (including phenoxy) is 2. The summed E-state index contributed by atoms with van der Waals surface area (Å²) in [6, 6.07) is 11.7. The Morgan fingerprint density at radius 3 is 2.23 bits per heavy atom. The van der Waals surface area contributed by atoms with E-state index in [0.29, 0.717) is 28.3 Å². The van der Waals surface area contributed by atoms with E-state index in [0.717, 1.165) is 4.90 Å². The number of hydrogen-bond acceptors (Lipinski definition) is 5. The second-order valence-corrected chi connectivity index (χ2v) is 5.67. The molecule has 0 aliphatic carbocycles. The maximum Gasteiger partial charge on any atom is 0.261 e. The van der Waals surface area contributed by atoms with Crippen LogP contribution in [0.4, 0.5) is 5.69 Å². The molecule has 0 saturated carbocycles. The number of imide groups is 1. The molecule has 0 aromatic heterocycles. The molecular weight excluding hydrogens is 336 g/mol. The minimum Gasteiger partial charge on any atom is -0.497 e. The summed E-state index contributed by atoms with van der Waals surface area (Å²) in [6.07, 6.45) is -0.0220. The van der Waals surface area contributed by atoms with Crippen LogP contribution in [0.2, 0.25) is 0 Å². The molecule has 1 N–H and O–H groups in total. The van der Waals surface area contributed by atoms with Gasteiger partial charge in [-0.3, -0.25) is 19.3 Å². The quantitative estimate of drug-likeness (QED) is 0.805. The van der Waals surface area contributed by atoms with Crippen molar-refractivity contribution in [3.05, 3.63) is 53.6 Å². The third kappa shape index (κ3) is 3.23. The number of nitrogens with one attached hydrogen (secondary N) is 1. The van der Waals surface area contributed by atoms with Gasteiger partial charge in [0.15, 0.2) is 0 Å². The molecule has 1 aliphatic heterocycles. The Balaban J connectivity index is 1.66. The van der Waals surface area contributed by atoms with E-state index in [1.54, 1.807) is 42.5 Å². The van der Waals surface area contributed by atoms with E-state index >= 15 is 0 Å². The first-order chi connectivity index (χ1) is 12.5. The molecule has 2 aromatic rings. The second-order valence-electron chi connectivity index (χ2n) is 5.67. The minimum atomic E-state index is -0.377. The largest absolute Gasteiger partial charge is 0.497 e. The number of nitrogens with zero attached hydrogens (tertiary/aromatic N) is 1. The number of amides is 3. The summed E-state index contributed by atoms with van der Waals surface area (Å²) in [7, 11) is 3.02. The van der Waals surface area contributed by atoms with Crippen molar-refractivity contribution < 1.29 is 23.9 Å². The van der Waals surface area contributed by atoms with Crippen LogP contribution in [0.25, 0.3) is 0 Å². The summed E-state index contributed by atoms with van der Waals surface area (Å²) in [4.78, 5) is 38.0. The number of carbonyl (C=O) groups excluding carboxylic acids is 3. The van der Waals surface area contributed by atoms with Crippen molar-refractivity contribution in [1.82, 2.24) is 4.90 Å². The Bertz CT molecular complexity index is 843. The lowest BCUT2D eigenvalue weighted by atomic mass is 10.1. The summed E-state index contributed by atoms with van der Waals surface area (Å²) in [6.45, 7) is 0.00443. The highest BCUT2D eigenvalue weighted by Crippen LogP contribution is 2.29. The van der Waals surface area contributed by atoms with Gasteiger partial charge in [0.25, 0.3) is 11.8 Å². The molecule has 3 rings (SSSR count). The summed E-state index contributed by atoms with van der Waals surface area (Å²) in [5, 5.41) is 2.72. The number of rotatable bonds is 6. The summed E-state index contributed by atoms with van der Waals surface area (Å²) < 4.78 is 10.3. The van der Waals surface area contributed by atoms with Crippen LogP contribution in [-0.2, 0) is 4.79 Å². The van der Waals surface area contributed by atoms with Crippen LogP contribution in [0.3, 0.4) is 0 Å². The van der Waals surface area contributed by atoms with Crippen LogP contribution < -0.4 is 14.8 Å². The fourth-order valence-electron chi connectivity index (χ4n) is 2.78. The maximum atomic E-state index is 12.3. The number of carbonyl (C=O) groups is 3. The highest BCUT2D eigenvalue weighted by molar-refractivity contribution is 6.21. The Morgan fingerprint density at radius 2 is 1.65 bits per heavy atom. The van der Waals surface area contributed by atoms with Gasteiger partial charge < -0.3 is 14.8 Å². The highest BCUT2D eigenvalue weighted by atomic mass is 16.5. The van der Waals surface area contributed by atoms with Crippen LogP contribution in [-0.4, -0.2) is 43.4 Å². The van der Waals surface area contributed by atoms with Crippen molar-refractivity contribution in [3.8, 4) is 11.5 Å². The number of anilines is 1. The SMILES string of the molecule is COc1ccc(OC)c(NC(=O)CCN2C(=O)c3ccccc3C2=O)c1. The third-order valence-electron chi connectivity index (χ3n) is 4.12. The molecule has 0 atom stereocenters. The lowest BCUT2D eigenvalue weighted by Crippen LogP contribution is -2.32. The van der Waals surface area contributed by atoms with Crippen LogP contribution in [0.1, 0.15) is 27.1 Å². The molecule has 0 bridgehead atoms. The molecule has 0 spiro atoms. The average molecular weight is 354 g/mol. The monoisotopic (exact) mass is 354 g/mol. The van der Waals surface area contributed by atoms with Crippen LogP contribution in [0.15, 0.2) is 42.5 Å². The molecule has 3 amide bonds. The fraction of sp³-hybridized carbons (Fsp3) is 0.211. The maximum absolute atomic E-state index is 12.3. The second kappa shape index (κ2) is 7.26. The van der Waals surface area contributed by atoms with E-state index in [4.69, 9.17) is 9.47 Å². The number of benzene rings is 2. The average Bonchev–Trinajstić information content (AvgIpc) is 2.91. The van der Waals surface area contributed by atoms with Crippen LogP contribution in [0, 0.1) is 0 Å². The Labute approximate surface area is 150 Å². The summed E-state index contributed by atoms with van der Waals surface area (Å²) in [5.74, 6) is -0.0378. The molecule has 1 heterocycles. The van der Waals surface area contributed by atoms with Gasteiger partial charge in [-0.1, -0.05) is 12.1 Å². The predicted octanol–water partition coefficient (Wildman–Crippen LogP) is 2.33. The molecule has 1 aliphatic rings. The van der Waals surface area contributed by atoms with E-state index in [1.165, 1.54) is 14.2 Å². The summed E-state index contributed by atoms with van der Waals surface area (Å²) >= 11 is 0. The predicted molar refractivity (Wildman–Crippen MR) is 94.6 cm³/mol. The number of fused-ring (bicyclic) bond motifs is 1. The number of hydrogen-bond donors (Lipinski definition) is 1. The van der Waals surface area contributed by atoms with E-state index in [9.17, 15) is 14.4 Å². The normalized spacial score (nSPS) is 12.8. The standard InChI is InChI=1S/C19H18N2O5/c1-25-12-7-8-16(26-2)15(11-12)20-17(22)9-10-21-18(23)13-5-3-4-6-14(13)19(21)24/h3-8,11H,9-10H2,1-2H3,(H,20,22). The Kier molecular flexibility index (Phi) is 4.88. The lowest BCUT2D eigenvalue weighted by Gasteiger charge is -2.15. The molecule has 7 nitrogen and oxygen atoms in total. The van der Waals surface area contributed by atoms with Crippen molar-refractivity contribution in [2.24, 2.45) is 0 Å². The van der Waals surface area contributed by atoms with Gasteiger partial charge in [0, 0.05) is 19.0 Å². The van der Waals surface area contributed by atoms with Gasteiger partial charge in [0.05, 0.1) is 31.0 Å².